The molecule has 9 atom stereocenters. The Morgan fingerprint density at radius 1 is 1.29 bits per heavy atom. The first-order valence-electron chi connectivity index (χ1n) is 11.1. The van der Waals surface area contributed by atoms with Crippen LogP contribution in [-0.4, -0.2) is 54.1 Å². The number of ketones is 1. The maximum absolute atomic E-state index is 14.3. The van der Waals surface area contributed by atoms with E-state index in [9.17, 15) is 14.7 Å². The average Bonchev–Trinajstić information content (AvgIpc) is 3.30. The van der Waals surface area contributed by atoms with Gasteiger partial charge >= 0.3 is 5.97 Å². The number of nitrogens with zero attached hydrogens (tertiary/aromatic N) is 1. The van der Waals surface area contributed by atoms with Crippen LogP contribution < -0.4 is 0 Å². The summed E-state index contributed by atoms with van der Waals surface area (Å²) in [7, 11) is 1.48. The molecule has 0 amide bonds. The number of hydrogen-bond donors (Lipinski definition) is 1. The van der Waals surface area contributed by atoms with Crippen LogP contribution in [0.1, 0.15) is 46.0 Å². The summed E-state index contributed by atoms with van der Waals surface area (Å²) in [6.07, 6.45) is 3.71. The van der Waals surface area contributed by atoms with Gasteiger partial charge in [-0.3, -0.25) is 14.5 Å². The van der Waals surface area contributed by atoms with Crippen molar-refractivity contribution in [1.29, 1.82) is 0 Å². The number of esters is 1. The fraction of sp³-hybridized carbons (Fsp3) is 0.826. The third kappa shape index (κ3) is 1.67. The third-order valence-corrected chi connectivity index (χ3v) is 10.1. The molecular weight excluding hydrogens is 354 g/mol. The molecule has 2 heterocycles. The van der Waals surface area contributed by atoms with Crippen molar-refractivity contribution < 1.29 is 19.4 Å². The van der Waals surface area contributed by atoms with Gasteiger partial charge in [-0.25, -0.2) is 0 Å². The Kier molecular flexibility index (Phi) is 3.33. The van der Waals surface area contributed by atoms with E-state index in [1.54, 1.807) is 0 Å². The number of fused-ring (bicyclic) bond motifs is 1. The lowest BCUT2D eigenvalue weighted by Crippen LogP contribution is -2.65. The minimum Gasteiger partial charge on any atom is -0.469 e. The first-order valence-corrected chi connectivity index (χ1v) is 11.1. The fourth-order valence-corrected chi connectivity index (χ4v) is 9.05. The van der Waals surface area contributed by atoms with Gasteiger partial charge < -0.3 is 9.84 Å². The van der Waals surface area contributed by atoms with Crippen LogP contribution in [0.5, 0.6) is 0 Å². The summed E-state index contributed by atoms with van der Waals surface area (Å²) in [5.74, 6) is 0.736. The van der Waals surface area contributed by atoms with Gasteiger partial charge in [0.25, 0.3) is 0 Å². The summed E-state index contributed by atoms with van der Waals surface area (Å²) in [5.41, 5.74) is 1.74. The number of allylic oxidation sites excluding steroid dienone is 1. The largest absolute Gasteiger partial charge is 0.469 e. The van der Waals surface area contributed by atoms with E-state index < -0.39 is 5.41 Å². The molecule has 0 radical (unpaired) electrons. The van der Waals surface area contributed by atoms with Crippen LogP contribution in [0.4, 0.5) is 0 Å². The van der Waals surface area contributed by atoms with Crippen molar-refractivity contribution in [2.75, 3.05) is 20.2 Å². The zero-order valence-electron chi connectivity index (χ0n) is 17.1. The van der Waals surface area contributed by atoms with E-state index in [0.29, 0.717) is 30.6 Å². The standard InChI is InChI=1S/C23H31NO4/c1-11-9-24-10-16-17(25)6-12-4-5-13-15(21(27)28-3)8-23(19(12)13)20(26)14(11)7-18(24)22(16,23)2/h11,13-18,25H,4-10H2,1-3H3/t11-,13-,14+,15-,16+,17+,18-,22-,23+/m1/s1. The van der Waals surface area contributed by atoms with Crippen LogP contribution >= 0.6 is 0 Å². The lowest BCUT2D eigenvalue weighted by molar-refractivity contribution is -0.161. The van der Waals surface area contributed by atoms with Crippen molar-refractivity contribution >= 4 is 11.8 Å². The highest BCUT2D eigenvalue weighted by atomic mass is 16.5. The Morgan fingerprint density at radius 3 is 2.82 bits per heavy atom. The zero-order valence-corrected chi connectivity index (χ0v) is 17.1. The number of aliphatic hydroxyl groups is 1. The minimum absolute atomic E-state index is 0.0923. The maximum Gasteiger partial charge on any atom is 0.309 e. The van der Waals surface area contributed by atoms with Crippen LogP contribution in [0.15, 0.2) is 11.1 Å². The molecule has 152 valence electrons. The molecule has 0 aromatic carbocycles. The van der Waals surface area contributed by atoms with E-state index in [1.807, 2.05) is 0 Å². The van der Waals surface area contributed by atoms with E-state index in [4.69, 9.17) is 4.74 Å². The summed E-state index contributed by atoms with van der Waals surface area (Å²) in [6, 6.07) is 0.343. The Bertz CT molecular complexity index is 819. The number of rotatable bonds is 1. The number of piperidine rings is 1. The molecule has 6 rings (SSSR count). The summed E-state index contributed by atoms with van der Waals surface area (Å²) in [6.45, 7) is 6.37. The highest BCUT2D eigenvalue weighted by Gasteiger charge is 2.77. The van der Waals surface area contributed by atoms with Crippen molar-refractivity contribution in [3.63, 3.8) is 0 Å². The molecule has 0 unspecified atom stereocenters. The molecule has 2 bridgehead atoms. The maximum atomic E-state index is 14.3. The first-order chi connectivity index (χ1) is 13.3. The van der Waals surface area contributed by atoms with Gasteiger partial charge in [-0.1, -0.05) is 25.0 Å². The second-order valence-corrected chi connectivity index (χ2v) is 10.7. The van der Waals surface area contributed by atoms with Gasteiger partial charge in [0.2, 0.25) is 0 Å². The smallest absolute Gasteiger partial charge is 0.309 e. The number of aliphatic hydroxyl groups excluding tert-OH is 1. The minimum atomic E-state index is -0.568. The van der Waals surface area contributed by atoms with E-state index in [2.05, 4.69) is 18.7 Å². The molecule has 1 spiro atoms. The molecule has 2 aliphatic heterocycles. The summed E-state index contributed by atoms with van der Waals surface area (Å²) < 4.78 is 5.21. The molecule has 5 heteroatoms. The van der Waals surface area contributed by atoms with Crippen LogP contribution in [0, 0.1) is 40.4 Å². The van der Waals surface area contributed by atoms with Crippen molar-refractivity contribution in [1.82, 2.24) is 4.90 Å². The molecule has 1 N–H and O–H groups in total. The lowest BCUT2D eigenvalue weighted by Gasteiger charge is -2.59. The lowest BCUT2D eigenvalue weighted by atomic mass is 9.45. The van der Waals surface area contributed by atoms with Gasteiger partial charge in [-0.2, -0.15) is 0 Å². The van der Waals surface area contributed by atoms with Gasteiger partial charge in [-0.05, 0) is 43.9 Å². The molecule has 0 aromatic rings. The summed E-state index contributed by atoms with van der Waals surface area (Å²) in [4.78, 5) is 29.6. The highest BCUT2D eigenvalue weighted by molar-refractivity contribution is 5.95. The number of hydrogen-bond acceptors (Lipinski definition) is 5. The number of Topliss-reactive ketones (excluding diaryl/α,β-unsaturated/α-hetero) is 1. The number of carbonyl (C=O) groups excluding carboxylic acids is 2. The molecule has 2 saturated carbocycles. The van der Waals surface area contributed by atoms with Gasteiger partial charge in [-0.15, -0.1) is 0 Å². The summed E-state index contributed by atoms with van der Waals surface area (Å²) >= 11 is 0. The molecular formula is C23H31NO4. The number of carbonyl (C=O) groups is 2. The Balaban J connectivity index is 1.63. The fourth-order valence-electron chi connectivity index (χ4n) is 9.05. The quantitative estimate of drug-likeness (QED) is 0.554. The van der Waals surface area contributed by atoms with E-state index >= 15 is 0 Å². The van der Waals surface area contributed by atoms with Crippen LogP contribution in [0.25, 0.3) is 0 Å². The van der Waals surface area contributed by atoms with Gasteiger partial charge in [0.15, 0.2) is 0 Å². The Hall–Kier alpha value is -1.20. The second-order valence-electron chi connectivity index (χ2n) is 10.7. The zero-order chi connectivity index (χ0) is 19.6. The number of methoxy groups -OCH3 is 1. The molecule has 4 aliphatic carbocycles. The molecule has 2 saturated heterocycles. The molecule has 5 nitrogen and oxygen atoms in total. The second kappa shape index (κ2) is 5.28. The average molecular weight is 386 g/mol. The van der Waals surface area contributed by atoms with Gasteiger partial charge in [0, 0.05) is 36.4 Å². The van der Waals surface area contributed by atoms with Crippen molar-refractivity contribution in [3.8, 4) is 0 Å². The first kappa shape index (κ1) is 17.6. The topological polar surface area (TPSA) is 66.8 Å². The van der Waals surface area contributed by atoms with Gasteiger partial charge in [0.1, 0.15) is 5.78 Å². The van der Waals surface area contributed by atoms with Crippen LogP contribution in [-0.2, 0) is 14.3 Å². The van der Waals surface area contributed by atoms with E-state index in [-0.39, 0.29) is 41.2 Å². The third-order valence-electron chi connectivity index (χ3n) is 10.1. The SMILES string of the molecule is COC(=O)[C@@H]1C[C@@]23C(=O)[C@H]4C[C@H]5N(C[C@H]4C)C[C@@H]([C@@H](O)CC4=C2[C@@H]1CC4)[C@]53C. The van der Waals surface area contributed by atoms with Crippen LogP contribution in [0.3, 0.4) is 0 Å². The van der Waals surface area contributed by atoms with E-state index in [1.165, 1.54) is 18.3 Å². The number of ether oxygens (including phenoxy) is 1. The molecule has 4 fully saturated rings. The molecule has 0 aromatic heterocycles. The monoisotopic (exact) mass is 385 g/mol. The molecule has 6 aliphatic rings. The van der Waals surface area contributed by atoms with Crippen molar-refractivity contribution in [3.05, 3.63) is 11.1 Å². The summed E-state index contributed by atoms with van der Waals surface area (Å²) in [5, 5.41) is 11.3. The van der Waals surface area contributed by atoms with Gasteiger partial charge in [0.05, 0.1) is 24.5 Å². The normalized spacial score (nSPS) is 54.0. The Morgan fingerprint density at radius 2 is 2.07 bits per heavy atom. The van der Waals surface area contributed by atoms with Crippen molar-refractivity contribution in [2.45, 2.75) is 58.1 Å². The highest BCUT2D eigenvalue weighted by Crippen LogP contribution is 2.74. The Labute approximate surface area is 166 Å². The van der Waals surface area contributed by atoms with E-state index in [0.717, 1.165) is 32.4 Å². The predicted octanol–water partition coefficient (Wildman–Crippen LogP) is 2.18. The van der Waals surface area contributed by atoms with Crippen molar-refractivity contribution in [2.24, 2.45) is 40.4 Å². The molecule has 28 heavy (non-hydrogen) atoms. The van der Waals surface area contributed by atoms with Crippen LogP contribution in [0.2, 0.25) is 0 Å². The predicted molar refractivity (Wildman–Crippen MR) is 102 cm³/mol.